The number of ether oxygens (including phenoxy) is 2. The summed E-state index contributed by atoms with van der Waals surface area (Å²) in [6.07, 6.45) is 2.11. The van der Waals surface area contributed by atoms with Crippen LogP contribution in [-0.4, -0.2) is 57.3 Å². The number of amides is 1. The van der Waals surface area contributed by atoms with E-state index in [2.05, 4.69) is 5.32 Å². The van der Waals surface area contributed by atoms with Gasteiger partial charge in [-0.3, -0.25) is 4.79 Å². The van der Waals surface area contributed by atoms with Crippen LogP contribution in [-0.2, 0) is 4.74 Å². The number of rotatable bonds is 8. The summed E-state index contributed by atoms with van der Waals surface area (Å²) >= 11 is 0. The van der Waals surface area contributed by atoms with E-state index in [1.807, 2.05) is 43.1 Å². The summed E-state index contributed by atoms with van der Waals surface area (Å²) < 4.78 is 11.0. The van der Waals surface area contributed by atoms with E-state index in [1.54, 1.807) is 0 Å². The third kappa shape index (κ3) is 5.96. The Labute approximate surface area is 151 Å². The van der Waals surface area contributed by atoms with Gasteiger partial charge in [0.1, 0.15) is 12.4 Å². The first kappa shape index (κ1) is 20.7. The number of nitrogens with zero attached hydrogens (tertiary/aromatic N) is 1. The average molecular weight is 357 g/mol. The fraction of sp³-hybridized carbons (Fsp3) is 0.611. The second-order valence-electron chi connectivity index (χ2n) is 5.83. The van der Waals surface area contributed by atoms with Crippen molar-refractivity contribution in [2.24, 2.45) is 5.92 Å². The number of benzene rings is 1. The Kier molecular flexibility index (Phi) is 9.76. The van der Waals surface area contributed by atoms with Crippen LogP contribution in [0.5, 0.6) is 5.75 Å². The fourth-order valence-corrected chi connectivity index (χ4v) is 2.92. The topological polar surface area (TPSA) is 50.8 Å². The van der Waals surface area contributed by atoms with Gasteiger partial charge in [0.2, 0.25) is 0 Å². The summed E-state index contributed by atoms with van der Waals surface area (Å²) in [5.74, 6) is 1.39. The second kappa shape index (κ2) is 11.3. The Morgan fingerprint density at radius 3 is 2.62 bits per heavy atom. The van der Waals surface area contributed by atoms with Gasteiger partial charge in [0.25, 0.3) is 5.91 Å². The van der Waals surface area contributed by atoms with E-state index in [1.165, 1.54) is 0 Å². The lowest BCUT2D eigenvalue weighted by molar-refractivity contribution is 0.0681. The summed E-state index contributed by atoms with van der Waals surface area (Å²) in [6, 6.07) is 7.48. The molecule has 1 saturated heterocycles. The van der Waals surface area contributed by atoms with Crippen LogP contribution in [0.15, 0.2) is 24.3 Å². The standard InChI is InChI=1S/C18H28N2O3.ClH/c1-3-22-12-13-23-17-7-5-4-6-16(17)18(21)20-10-8-15(9-11-20)14-19-2;/h4-7,15,19H,3,8-14H2,1-2H3;1H. The highest BCUT2D eigenvalue weighted by atomic mass is 35.5. The van der Waals surface area contributed by atoms with Crippen LogP contribution in [0, 0.1) is 5.92 Å². The normalized spacial score (nSPS) is 15.0. The molecule has 1 fully saturated rings. The molecule has 1 aliphatic rings. The van der Waals surface area contributed by atoms with E-state index >= 15 is 0 Å². The van der Waals surface area contributed by atoms with Crippen LogP contribution >= 0.6 is 12.4 Å². The van der Waals surface area contributed by atoms with Gasteiger partial charge >= 0.3 is 0 Å². The van der Waals surface area contributed by atoms with Crippen molar-refractivity contribution in [3.05, 3.63) is 29.8 Å². The Morgan fingerprint density at radius 2 is 1.96 bits per heavy atom. The smallest absolute Gasteiger partial charge is 0.257 e. The first-order valence-electron chi connectivity index (χ1n) is 8.49. The van der Waals surface area contributed by atoms with Gasteiger partial charge in [0.05, 0.1) is 12.2 Å². The summed E-state index contributed by atoms with van der Waals surface area (Å²) in [6.45, 7) is 6.29. The predicted molar refractivity (Wildman–Crippen MR) is 98.2 cm³/mol. The van der Waals surface area contributed by atoms with Gasteiger partial charge in [-0.25, -0.2) is 0 Å². The zero-order valence-electron chi connectivity index (χ0n) is 14.6. The minimum absolute atomic E-state index is 0. The summed E-state index contributed by atoms with van der Waals surface area (Å²) in [7, 11) is 1.98. The summed E-state index contributed by atoms with van der Waals surface area (Å²) in [5, 5.41) is 3.22. The van der Waals surface area contributed by atoms with Gasteiger partial charge in [-0.15, -0.1) is 12.4 Å². The number of hydrogen-bond donors (Lipinski definition) is 1. The van der Waals surface area contributed by atoms with Crippen molar-refractivity contribution in [2.45, 2.75) is 19.8 Å². The molecule has 2 rings (SSSR count). The molecule has 1 heterocycles. The largest absolute Gasteiger partial charge is 0.490 e. The Balaban J connectivity index is 0.00000288. The highest BCUT2D eigenvalue weighted by Crippen LogP contribution is 2.23. The minimum atomic E-state index is 0. The van der Waals surface area contributed by atoms with Gasteiger partial charge in [-0.05, 0) is 51.4 Å². The second-order valence-corrected chi connectivity index (χ2v) is 5.83. The van der Waals surface area contributed by atoms with Crippen molar-refractivity contribution in [1.29, 1.82) is 0 Å². The molecule has 0 aromatic heterocycles. The third-order valence-corrected chi connectivity index (χ3v) is 4.20. The molecule has 136 valence electrons. The molecular weight excluding hydrogens is 328 g/mol. The van der Waals surface area contributed by atoms with Crippen LogP contribution in [0.1, 0.15) is 30.1 Å². The number of nitrogens with one attached hydrogen (secondary N) is 1. The molecule has 1 aromatic carbocycles. The lowest BCUT2D eigenvalue weighted by atomic mass is 9.96. The lowest BCUT2D eigenvalue weighted by Gasteiger charge is -2.32. The molecular formula is C18H29ClN2O3. The summed E-state index contributed by atoms with van der Waals surface area (Å²) in [4.78, 5) is 14.7. The van der Waals surface area contributed by atoms with Gasteiger partial charge in [0.15, 0.2) is 0 Å². The van der Waals surface area contributed by atoms with E-state index in [-0.39, 0.29) is 18.3 Å². The quantitative estimate of drug-likeness (QED) is 0.727. The summed E-state index contributed by atoms with van der Waals surface area (Å²) in [5.41, 5.74) is 0.649. The highest BCUT2D eigenvalue weighted by molar-refractivity contribution is 5.97. The molecule has 1 aliphatic heterocycles. The number of carbonyl (C=O) groups is 1. The molecule has 1 aromatic rings. The van der Waals surface area contributed by atoms with Crippen molar-refractivity contribution in [2.75, 3.05) is 46.5 Å². The molecule has 0 bridgehead atoms. The van der Waals surface area contributed by atoms with E-state index in [0.717, 1.165) is 32.5 Å². The van der Waals surface area contributed by atoms with Gasteiger partial charge in [-0.1, -0.05) is 12.1 Å². The van der Waals surface area contributed by atoms with Crippen molar-refractivity contribution >= 4 is 18.3 Å². The molecule has 5 nitrogen and oxygen atoms in total. The maximum atomic E-state index is 12.8. The maximum Gasteiger partial charge on any atom is 0.257 e. The van der Waals surface area contributed by atoms with E-state index in [9.17, 15) is 4.79 Å². The third-order valence-electron chi connectivity index (χ3n) is 4.20. The Morgan fingerprint density at radius 1 is 1.25 bits per heavy atom. The zero-order chi connectivity index (χ0) is 16.5. The Hall–Kier alpha value is -1.30. The molecule has 1 N–H and O–H groups in total. The maximum absolute atomic E-state index is 12.8. The number of carbonyl (C=O) groups excluding carboxylic acids is 1. The van der Waals surface area contributed by atoms with Crippen molar-refractivity contribution in [1.82, 2.24) is 10.2 Å². The SMILES string of the molecule is CCOCCOc1ccccc1C(=O)N1CCC(CNC)CC1.Cl. The molecule has 0 atom stereocenters. The first-order chi connectivity index (χ1) is 11.3. The first-order valence-corrected chi connectivity index (χ1v) is 8.49. The van der Waals surface area contributed by atoms with Crippen LogP contribution in [0.2, 0.25) is 0 Å². The number of piperidine rings is 1. The van der Waals surface area contributed by atoms with Crippen LogP contribution < -0.4 is 10.1 Å². The van der Waals surface area contributed by atoms with Crippen LogP contribution in [0.4, 0.5) is 0 Å². The molecule has 24 heavy (non-hydrogen) atoms. The minimum Gasteiger partial charge on any atom is -0.490 e. The molecule has 1 amide bonds. The molecule has 0 spiro atoms. The molecule has 0 unspecified atom stereocenters. The molecule has 0 aliphatic carbocycles. The molecule has 0 saturated carbocycles. The number of likely N-dealkylation sites (tertiary alicyclic amines) is 1. The number of para-hydroxylation sites is 1. The number of halogens is 1. The molecule has 6 heteroatoms. The van der Waals surface area contributed by atoms with Gasteiger partial charge < -0.3 is 19.7 Å². The monoisotopic (exact) mass is 356 g/mol. The van der Waals surface area contributed by atoms with Gasteiger partial charge in [0, 0.05) is 19.7 Å². The van der Waals surface area contributed by atoms with Crippen LogP contribution in [0.3, 0.4) is 0 Å². The highest BCUT2D eigenvalue weighted by Gasteiger charge is 2.25. The van der Waals surface area contributed by atoms with Crippen LogP contribution in [0.25, 0.3) is 0 Å². The zero-order valence-corrected chi connectivity index (χ0v) is 15.4. The van der Waals surface area contributed by atoms with E-state index in [0.29, 0.717) is 37.1 Å². The molecule has 0 radical (unpaired) electrons. The average Bonchev–Trinajstić information content (AvgIpc) is 2.59. The van der Waals surface area contributed by atoms with Gasteiger partial charge in [-0.2, -0.15) is 0 Å². The fourth-order valence-electron chi connectivity index (χ4n) is 2.92. The van der Waals surface area contributed by atoms with Crippen molar-refractivity contribution in [3.8, 4) is 5.75 Å². The van der Waals surface area contributed by atoms with E-state index in [4.69, 9.17) is 9.47 Å². The Bertz CT molecular complexity index is 491. The van der Waals surface area contributed by atoms with Crippen molar-refractivity contribution < 1.29 is 14.3 Å². The lowest BCUT2D eigenvalue weighted by Crippen LogP contribution is -2.40. The number of hydrogen-bond acceptors (Lipinski definition) is 4. The van der Waals surface area contributed by atoms with Crippen molar-refractivity contribution in [3.63, 3.8) is 0 Å². The van der Waals surface area contributed by atoms with E-state index < -0.39 is 0 Å². The predicted octanol–water partition coefficient (Wildman–Crippen LogP) is 2.60.